The molecule has 0 saturated heterocycles. The molecule has 44 heavy (non-hydrogen) atoms. The van der Waals surface area contributed by atoms with E-state index in [-0.39, 0.29) is 23.0 Å². The molecule has 0 radical (unpaired) electrons. The number of aliphatic hydroxyl groups is 2. The van der Waals surface area contributed by atoms with E-state index in [1.54, 1.807) is 24.3 Å². The standard InChI is InChI=1S/2C12H10N2O3S.C6H6O2/c2*15-18(16,17)12-8-6-11(7-9-12)14-13-10-4-2-1-3-5-10;7-5-3-1-2-4-6-8/h2*1-9H,(H,15,16,17);7-8H,5-6H2. The van der Waals surface area contributed by atoms with Crippen LogP contribution >= 0.6 is 0 Å². The molecule has 0 fully saturated rings. The van der Waals surface area contributed by atoms with Gasteiger partial charge in [0, 0.05) is 0 Å². The topological polar surface area (TPSA) is 199 Å². The third-order valence-corrected chi connectivity index (χ3v) is 6.48. The average Bonchev–Trinajstić information content (AvgIpc) is 3.02. The van der Waals surface area contributed by atoms with Gasteiger partial charge in [0.2, 0.25) is 0 Å². The Balaban J connectivity index is 0.000000248. The molecule has 0 bridgehead atoms. The van der Waals surface area contributed by atoms with Crippen LogP contribution in [0.4, 0.5) is 22.7 Å². The second kappa shape index (κ2) is 18.5. The zero-order valence-corrected chi connectivity index (χ0v) is 24.5. The average molecular weight is 635 g/mol. The molecule has 4 N–H and O–H groups in total. The summed E-state index contributed by atoms with van der Waals surface area (Å²) in [5.41, 5.74) is 2.42. The predicted molar refractivity (Wildman–Crippen MR) is 163 cm³/mol. The van der Waals surface area contributed by atoms with Crippen molar-refractivity contribution in [1.82, 2.24) is 0 Å². The Morgan fingerprint density at radius 1 is 0.455 bits per heavy atom. The highest BCUT2D eigenvalue weighted by Gasteiger charge is 2.08. The van der Waals surface area contributed by atoms with E-state index < -0.39 is 20.2 Å². The molecular weight excluding hydrogens is 608 g/mol. The highest BCUT2D eigenvalue weighted by Crippen LogP contribution is 2.21. The first-order valence-electron chi connectivity index (χ1n) is 12.3. The van der Waals surface area contributed by atoms with Crippen LogP contribution in [0, 0.1) is 23.7 Å². The molecule has 0 amide bonds. The fourth-order valence-electron chi connectivity index (χ4n) is 2.76. The molecule has 0 saturated carbocycles. The third-order valence-electron chi connectivity index (χ3n) is 4.74. The zero-order valence-electron chi connectivity index (χ0n) is 22.8. The second-order valence-electron chi connectivity index (χ2n) is 7.93. The van der Waals surface area contributed by atoms with E-state index in [4.69, 9.17) is 19.3 Å². The molecule has 4 rings (SSSR count). The summed E-state index contributed by atoms with van der Waals surface area (Å²) < 4.78 is 60.9. The molecule has 0 aliphatic rings. The monoisotopic (exact) mass is 634 g/mol. The van der Waals surface area contributed by atoms with Crippen molar-refractivity contribution in [1.29, 1.82) is 0 Å². The third kappa shape index (κ3) is 14.2. The minimum atomic E-state index is -4.16. The lowest BCUT2D eigenvalue weighted by atomic mass is 10.3. The number of rotatable bonds is 6. The Bertz CT molecular complexity index is 1720. The Kier molecular flexibility index (Phi) is 14.8. The van der Waals surface area contributed by atoms with Crippen LogP contribution < -0.4 is 0 Å². The van der Waals surface area contributed by atoms with Gasteiger partial charge in [-0.05, 0) is 84.6 Å². The van der Waals surface area contributed by atoms with Gasteiger partial charge in [-0.2, -0.15) is 37.3 Å². The van der Waals surface area contributed by atoms with Crippen molar-refractivity contribution in [3.8, 4) is 23.7 Å². The van der Waals surface area contributed by atoms with Crippen LogP contribution in [0.25, 0.3) is 0 Å². The van der Waals surface area contributed by atoms with Crippen LogP contribution in [0.15, 0.2) is 139 Å². The number of benzene rings is 4. The summed E-state index contributed by atoms with van der Waals surface area (Å²) in [6, 6.07) is 29.3. The van der Waals surface area contributed by atoms with Crippen molar-refractivity contribution in [3.05, 3.63) is 109 Å². The molecule has 0 atom stereocenters. The maximum Gasteiger partial charge on any atom is 0.294 e. The van der Waals surface area contributed by atoms with Crippen molar-refractivity contribution in [3.63, 3.8) is 0 Å². The summed E-state index contributed by atoms with van der Waals surface area (Å²) in [6.45, 7) is -0.361. The Hall–Kier alpha value is -5.06. The highest BCUT2D eigenvalue weighted by molar-refractivity contribution is 7.86. The minimum absolute atomic E-state index is 0.166. The van der Waals surface area contributed by atoms with Crippen LogP contribution in [-0.4, -0.2) is 49.4 Å². The Morgan fingerprint density at radius 3 is 0.977 bits per heavy atom. The maximum atomic E-state index is 10.8. The summed E-state index contributed by atoms with van der Waals surface area (Å²) >= 11 is 0. The molecule has 0 heterocycles. The van der Waals surface area contributed by atoms with Gasteiger partial charge >= 0.3 is 0 Å². The van der Waals surface area contributed by atoms with Crippen LogP contribution in [0.3, 0.4) is 0 Å². The van der Waals surface area contributed by atoms with Crippen molar-refractivity contribution < 1.29 is 36.2 Å². The number of nitrogens with zero attached hydrogens (tertiary/aromatic N) is 4. The molecule has 0 aromatic heterocycles. The van der Waals surface area contributed by atoms with Gasteiger partial charge in [-0.1, -0.05) is 48.2 Å². The molecule has 4 aromatic carbocycles. The smallest absolute Gasteiger partial charge is 0.294 e. The van der Waals surface area contributed by atoms with E-state index >= 15 is 0 Å². The van der Waals surface area contributed by atoms with Gasteiger partial charge in [-0.15, -0.1) is 0 Å². The first-order valence-corrected chi connectivity index (χ1v) is 15.2. The fraction of sp³-hybridized carbons (Fsp3) is 0.0667. The van der Waals surface area contributed by atoms with Gasteiger partial charge < -0.3 is 10.2 Å². The van der Waals surface area contributed by atoms with Gasteiger partial charge in [-0.25, -0.2) is 0 Å². The molecule has 0 spiro atoms. The Labute approximate surface area is 255 Å². The van der Waals surface area contributed by atoms with E-state index in [2.05, 4.69) is 44.1 Å². The van der Waals surface area contributed by atoms with E-state index in [1.165, 1.54) is 48.5 Å². The van der Waals surface area contributed by atoms with Crippen molar-refractivity contribution >= 4 is 43.0 Å². The summed E-state index contributed by atoms with van der Waals surface area (Å²) in [5, 5.41) is 32.0. The largest absolute Gasteiger partial charge is 0.384 e. The van der Waals surface area contributed by atoms with E-state index in [0.717, 1.165) is 0 Å². The SMILES string of the molecule is O=S(=O)(O)c1ccc(N=Nc2ccccc2)cc1.O=S(=O)(O)c1ccc(N=Nc2ccccc2)cc1.OCC#CC#CCO. The van der Waals surface area contributed by atoms with Gasteiger partial charge in [0.05, 0.1) is 32.5 Å². The number of hydrogen-bond acceptors (Lipinski definition) is 10. The van der Waals surface area contributed by atoms with Gasteiger partial charge in [0.1, 0.15) is 13.2 Å². The summed E-state index contributed by atoms with van der Waals surface area (Å²) in [5.74, 6) is 9.24. The quantitative estimate of drug-likeness (QED) is 0.118. The molecule has 4 aromatic rings. The molecule has 12 nitrogen and oxygen atoms in total. The Morgan fingerprint density at radius 2 is 0.727 bits per heavy atom. The molecule has 0 aliphatic heterocycles. The summed E-state index contributed by atoms with van der Waals surface area (Å²) in [7, 11) is -8.32. The normalized spacial score (nSPS) is 10.7. The van der Waals surface area contributed by atoms with Crippen molar-refractivity contribution in [2.75, 3.05) is 13.2 Å². The fourth-order valence-corrected chi connectivity index (χ4v) is 3.72. The highest BCUT2D eigenvalue weighted by atomic mass is 32.2. The molecular formula is C30H26N4O8S2. The van der Waals surface area contributed by atoms with E-state index in [0.29, 0.717) is 22.7 Å². The molecule has 226 valence electrons. The second-order valence-corrected chi connectivity index (χ2v) is 10.8. The minimum Gasteiger partial charge on any atom is -0.384 e. The van der Waals surface area contributed by atoms with Crippen LogP contribution in [0.2, 0.25) is 0 Å². The maximum absolute atomic E-state index is 10.8. The first-order chi connectivity index (χ1) is 21.0. The van der Waals surface area contributed by atoms with Crippen LogP contribution in [0.5, 0.6) is 0 Å². The van der Waals surface area contributed by atoms with E-state index in [1.807, 2.05) is 36.4 Å². The van der Waals surface area contributed by atoms with E-state index in [9.17, 15) is 16.8 Å². The first kappa shape index (κ1) is 35.1. The lowest BCUT2D eigenvalue weighted by Gasteiger charge is -1.96. The van der Waals surface area contributed by atoms with Crippen LogP contribution in [-0.2, 0) is 20.2 Å². The van der Waals surface area contributed by atoms with Crippen molar-refractivity contribution in [2.24, 2.45) is 20.5 Å². The van der Waals surface area contributed by atoms with Crippen molar-refractivity contribution in [2.45, 2.75) is 9.79 Å². The number of azo groups is 2. The lowest BCUT2D eigenvalue weighted by molar-refractivity contribution is 0.350. The number of hydrogen-bond donors (Lipinski definition) is 4. The summed E-state index contributed by atoms with van der Waals surface area (Å²) in [6.07, 6.45) is 0. The molecule has 14 heteroatoms. The zero-order chi connectivity index (χ0) is 32.3. The van der Waals surface area contributed by atoms with Gasteiger partial charge in [0.15, 0.2) is 0 Å². The lowest BCUT2D eigenvalue weighted by Crippen LogP contribution is -1.96. The molecule has 0 aliphatic carbocycles. The summed E-state index contributed by atoms with van der Waals surface area (Å²) in [4.78, 5) is -0.331. The molecule has 0 unspecified atom stereocenters. The van der Waals surface area contributed by atoms with Crippen LogP contribution in [0.1, 0.15) is 0 Å². The van der Waals surface area contributed by atoms with Gasteiger partial charge in [0.25, 0.3) is 20.2 Å². The number of aliphatic hydroxyl groups excluding tert-OH is 2. The van der Waals surface area contributed by atoms with Gasteiger partial charge in [-0.3, -0.25) is 9.11 Å². The predicted octanol–water partition coefficient (Wildman–Crippen LogP) is 5.68.